The largest absolute Gasteiger partial charge is 0.463 e. The van der Waals surface area contributed by atoms with Crippen LogP contribution < -0.4 is 10.6 Å². The third-order valence-corrected chi connectivity index (χ3v) is 4.48. The van der Waals surface area contributed by atoms with Gasteiger partial charge in [-0.2, -0.15) is 0 Å². The summed E-state index contributed by atoms with van der Waals surface area (Å²) in [5.74, 6) is -0.958. The molecule has 0 rings (SSSR count). The number of hydrogen-bond acceptors (Lipinski definition) is 6. The molecule has 2 amide bonds. The van der Waals surface area contributed by atoms with Gasteiger partial charge in [-0.1, -0.05) is 26.8 Å². The molecular formula is C20H37N3O5. The van der Waals surface area contributed by atoms with Crippen LogP contribution in [0, 0.1) is 5.41 Å². The minimum atomic E-state index is -0.735. The van der Waals surface area contributed by atoms with E-state index in [1.54, 1.807) is 40.9 Å². The molecule has 2 N–H and O–H groups in total. The molecule has 0 aromatic carbocycles. The number of ether oxygens (including phenoxy) is 2. The molecule has 28 heavy (non-hydrogen) atoms. The Bertz CT molecular complexity index is 569. The van der Waals surface area contributed by atoms with Crippen molar-refractivity contribution in [3.63, 3.8) is 0 Å². The highest BCUT2D eigenvalue weighted by atomic mass is 16.5. The normalized spacial score (nSPS) is 15.4. The van der Waals surface area contributed by atoms with E-state index in [4.69, 9.17) is 9.47 Å². The van der Waals surface area contributed by atoms with E-state index in [1.165, 1.54) is 12.0 Å². The first kappa shape index (κ1) is 26.1. The summed E-state index contributed by atoms with van der Waals surface area (Å²) >= 11 is 0. The zero-order chi connectivity index (χ0) is 22.1. The molecule has 0 aromatic heterocycles. The maximum atomic E-state index is 13.0. The van der Waals surface area contributed by atoms with Gasteiger partial charge in [-0.15, -0.1) is 0 Å². The van der Waals surface area contributed by atoms with Crippen LogP contribution >= 0.6 is 0 Å². The Morgan fingerprint density at radius 3 is 2.21 bits per heavy atom. The predicted octanol–water partition coefficient (Wildman–Crippen LogP) is 1.11. The van der Waals surface area contributed by atoms with E-state index in [0.717, 1.165) is 0 Å². The van der Waals surface area contributed by atoms with Gasteiger partial charge in [0.25, 0.3) is 0 Å². The second-order valence-corrected chi connectivity index (χ2v) is 7.84. The third-order valence-electron chi connectivity index (χ3n) is 4.48. The number of esters is 1. The van der Waals surface area contributed by atoms with Crippen LogP contribution in [0.15, 0.2) is 11.6 Å². The fourth-order valence-corrected chi connectivity index (χ4v) is 2.51. The molecule has 1 unspecified atom stereocenters. The Kier molecular flexibility index (Phi) is 11.0. The van der Waals surface area contributed by atoms with E-state index in [1.807, 2.05) is 20.8 Å². The van der Waals surface area contributed by atoms with E-state index >= 15 is 0 Å². The first-order chi connectivity index (χ1) is 12.9. The number of carbonyl (C=O) groups excluding carboxylic acids is 3. The SMILES string of the molecule is CCOC(=O)/C(C)=C/CN(C)C(=O)C(NC(=O)[C@@H](NC)[C@@H](C)OC)C(C)(C)C. The van der Waals surface area contributed by atoms with Crippen molar-refractivity contribution in [3.05, 3.63) is 11.6 Å². The maximum Gasteiger partial charge on any atom is 0.333 e. The van der Waals surface area contributed by atoms with Gasteiger partial charge in [0.05, 0.1) is 12.7 Å². The summed E-state index contributed by atoms with van der Waals surface area (Å²) in [4.78, 5) is 38.9. The number of nitrogens with one attached hydrogen (secondary N) is 2. The first-order valence-electron chi connectivity index (χ1n) is 9.49. The van der Waals surface area contributed by atoms with Crippen LogP contribution in [-0.2, 0) is 23.9 Å². The summed E-state index contributed by atoms with van der Waals surface area (Å²) in [5.41, 5.74) is -0.0720. The molecule has 0 aliphatic rings. The highest BCUT2D eigenvalue weighted by Gasteiger charge is 2.36. The molecule has 0 radical (unpaired) electrons. The minimum absolute atomic E-state index is 0.232. The lowest BCUT2D eigenvalue weighted by atomic mass is 9.85. The van der Waals surface area contributed by atoms with Crippen LogP contribution in [0.2, 0.25) is 0 Å². The van der Waals surface area contributed by atoms with Gasteiger partial charge in [0.1, 0.15) is 12.1 Å². The summed E-state index contributed by atoms with van der Waals surface area (Å²) in [7, 11) is 4.83. The summed E-state index contributed by atoms with van der Waals surface area (Å²) < 4.78 is 10.2. The van der Waals surface area contributed by atoms with Gasteiger partial charge in [0.15, 0.2) is 0 Å². The standard InChI is InChI=1S/C20H37N3O5/c1-10-28-19(26)13(2)11-12-23(8)18(25)16(20(4,5)6)22-17(24)15(21-7)14(3)27-9/h11,14-16,21H,10,12H2,1-9H3,(H,22,24)/b13-11+/t14-,15+,16?/m1/s1. The summed E-state index contributed by atoms with van der Waals surface area (Å²) in [6, 6.07) is -1.32. The number of methoxy groups -OCH3 is 1. The molecule has 0 heterocycles. The maximum absolute atomic E-state index is 13.0. The van der Waals surface area contributed by atoms with Crippen LogP contribution in [0.4, 0.5) is 0 Å². The molecule has 0 spiro atoms. The van der Waals surface area contributed by atoms with Crippen molar-refractivity contribution < 1.29 is 23.9 Å². The molecule has 0 fully saturated rings. The lowest BCUT2D eigenvalue weighted by Gasteiger charge is -2.34. The minimum Gasteiger partial charge on any atom is -0.463 e. The Hall–Kier alpha value is -1.93. The smallest absolute Gasteiger partial charge is 0.333 e. The van der Waals surface area contributed by atoms with Crippen LogP contribution in [0.5, 0.6) is 0 Å². The van der Waals surface area contributed by atoms with Gasteiger partial charge in [-0.05, 0) is 33.2 Å². The van der Waals surface area contributed by atoms with Gasteiger partial charge in [-0.3, -0.25) is 9.59 Å². The second kappa shape index (κ2) is 11.8. The molecule has 0 saturated heterocycles. The lowest BCUT2D eigenvalue weighted by molar-refractivity contribution is -0.139. The van der Waals surface area contributed by atoms with Crippen molar-refractivity contribution in [1.82, 2.24) is 15.5 Å². The lowest BCUT2D eigenvalue weighted by Crippen LogP contribution is -2.59. The van der Waals surface area contributed by atoms with Crippen molar-refractivity contribution in [2.24, 2.45) is 5.41 Å². The molecule has 0 aromatic rings. The third kappa shape index (κ3) is 7.98. The van der Waals surface area contributed by atoms with E-state index in [-0.39, 0.29) is 24.5 Å². The molecule has 0 aliphatic carbocycles. The van der Waals surface area contributed by atoms with Crippen molar-refractivity contribution in [1.29, 1.82) is 0 Å². The van der Waals surface area contributed by atoms with Crippen molar-refractivity contribution in [2.75, 3.05) is 34.4 Å². The van der Waals surface area contributed by atoms with Crippen LogP contribution in [0.3, 0.4) is 0 Å². The number of amides is 2. The monoisotopic (exact) mass is 399 g/mol. The Balaban J connectivity index is 5.30. The average Bonchev–Trinajstić information content (AvgIpc) is 2.62. The molecule has 0 saturated carbocycles. The molecule has 8 nitrogen and oxygen atoms in total. The molecule has 0 aliphatic heterocycles. The number of rotatable bonds is 10. The number of carbonyl (C=O) groups is 3. The highest BCUT2D eigenvalue weighted by Crippen LogP contribution is 2.21. The van der Waals surface area contributed by atoms with E-state index in [9.17, 15) is 14.4 Å². The van der Waals surface area contributed by atoms with Crippen molar-refractivity contribution in [2.45, 2.75) is 59.7 Å². The Morgan fingerprint density at radius 2 is 1.79 bits per heavy atom. The van der Waals surface area contributed by atoms with Gasteiger partial charge in [0.2, 0.25) is 11.8 Å². The Labute approximate surface area is 169 Å². The molecule has 3 atom stereocenters. The summed E-state index contributed by atoms with van der Waals surface area (Å²) in [6.45, 7) is 11.3. The Morgan fingerprint density at radius 1 is 1.21 bits per heavy atom. The fraction of sp³-hybridized carbons (Fsp3) is 0.750. The summed E-state index contributed by atoms with van der Waals surface area (Å²) in [5, 5.41) is 5.77. The predicted molar refractivity (Wildman–Crippen MR) is 109 cm³/mol. The van der Waals surface area contributed by atoms with Crippen LogP contribution in [0.1, 0.15) is 41.5 Å². The van der Waals surface area contributed by atoms with Crippen molar-refractivity contribution in [3.8, 4) is 0 Å². The number of nitrogens with zero attached hydrogens (tertiary/aromatic N) is 1. The first-order valence-corrected chi connectivity index (χ1v) is 9.49. The average molecular weight is 400 g/mol. The van der Waals surface area contributed by atoms with E-state index in [2.05, 4.69) is 10.6 Å². The zero-order valence-electron chi connectivity index (χ0n) is 18.7. The van der Waals surface area contributed by atoms with E-state index < -0.39 is 23.5 Å². The molecule has 0 bridgehead atoms. The zero-order valence-corrected chi connectivity index (χ0v) is 18.7. The van der Waals surface area contributed by atoms with Crippen molar-refractivity contribution >= 4 is 17.8 Å². The topological polar surface area (TPSA) is 97.0 Å². The second-order valence-electron chi connectivity index (χ2n) is 7.84. The molecule has 162 valence electrons. The number of hydrogen-bond donors (Lipinski definition) is 2. The number of likely N-dealkylation sites (N-methyl/N-ethyl adjacent to an activating group) is 2. The van der Waals surface area contributed by atoms with E-state index in [0.29, 0.717) is 12.2 Å². The summed E-state index contributed by atoms with van der Waals surface area (Å²) in [6.07, 6.45) is 1.29. The quantitative estimate of drug-likeness (QED) is 0.422. The molecule has 8 heteroatoms. The van der Waals surface area contributed by atoms with Crippen LogP contribution in [-0.4, -0.2) is 75.2 Å². The van der Waals surface area contributed by atoms with Gasteiger partial charge in [0, 0.05) is 26.3 Å². The van der Waals surface area contributed by atoms with Gasteiger partial charge < -0.3 is 25.0 Å². The molecular weight excluding hydrogens is 362 g/mol. The van der Waals surface area contributed by atoms with Crippen LogP contribution in [0.25, 0.3) is 0 Å². The fourth-order valence-electron chi connectivity index (χ4n) is 2.51. The van der Waals surface area contributed by atoms with Gasteiger partial charge in [-0.25, -0.2) is 4.79 Å². The highest BCUT2D eigenvalue weighted by molar-refractivity contribution is 5.91. The van der Waals surface area contributed by atoms with Gasteiger partial charge >= 0.3 is 5.97 Å².